The molecule has 4 nitrogen and oxygen atoms in total. The van der Waals surface area contributed by atoms with Gasteiger partial charge in [-0.3, -0.25) is 9.88 Å². The van der Waals surface area contributed by atoms with Crippen LogP contribution in [0, 0.1) is 5.82 Å². The Labute approximate surface area is 106 Å². The van der Waals surface area contributed by atoms with Gasteiger partial charge < -0.3 is 9.30 Å². The summed E-state index contributed by atoms with van der Waals surface area (Å²) in [5, 5.41) is 2.76. The van der Waals surface area contributed by atoms with E-state index in [1.54, 1.807) is 25.7 Å². The number of carbonyl (C=O) groups is 1. The summed E-state index contributed by atoms with van der Waals surface area (Å²) in [5.74, 6) is -0.795. The highest BCUT2D eigenvalue weighted by atomic mass is 31.2. The first-order chi connectivity index (χ1) is 8.34. The molecule has 0 saturated heterocycles. The molecule has 0 fully saturated rings. The van der Waals surface area contributed by atoms with Gasteiger partial charge in [0.05, 0.1) is 7.11 Å². The highest BCUT2D eigenvalue weighted by molar-refractivity contribution is 7.60. The molecule has 1 aromatic carbocycles. The van der Waals surface area contributed by atoms with Gasteiger partial charge in [0, 0.05) is 12.8 Å². The lowest BCUT2D eigenvalue weighted by molar-refractivity contribution is -0.142. The molecule has 0 spiro atoms. The second kappa shape index (κ2) is 6.12. The van der Waals surface area contributed by atoms with E-state index < -0.39 is 19.3 Å². The van der Waals surface area contributed by atoms with Crippen molar-refractivity contribution in [3.63, 3.8) is 0 Å². The van der Waals surface area contributed by atoms with E-state index >= 15 is 0 Å². The zero-order valence-corrected chi connectivity index (χ0v) is 11.5. The fraction of sp³-hybridized carbons (Fsp3) is 0.417. The van der Waals surface area contributed by atoms with Gasteiger partial charge in [0.2, 0.25) is 0 Å². The van der Waals surface area contributed by atoms with Crippen LogP contribution in [0.15, 0.2) is 24.3 Å². The molecule has 0 aromatic heterocycles. The van der Waals surface area contributed by atoms with Crippen LogP contribution in [0.5, 0.6) is 0 Å². The van der Waals surface area contributed by atoms with Crippen LogP contribution in [-0.4, -0.2) is 25.8 Å². The van der Waals surface area contributed by atoms with Gasteiger partial charge in [-0.25, -0.2) is 4.39 Å². The molecule has 0 saturated carbocycles. The van der Waals surface area contributed by atoms with Crippen molar-refractivity contribution in [2.45, 2.75) is 19.1 Å². The Bertz CT molecular complexity index is 461. The smallest absolute Gasteiger partial charge is 0.322 e. The van der Waals surface area contributed by atoms with Crippen LogP contribution in [0.25, 0.3) is 0 Å². The maximum absolute atomic E-state index is 12.7. The normalized spacial score (nSPS) is 15.8. The number of benzene rings is 1. The Morgan fingerprint density at radius 1 is 1.44 bits per heavy atom. The number of halogens is 1. The van der Waals surface area contributed by atoms with Crippen molar-refractivity contribution >= 4 is 13.3 Å². The van der Waals surface area contributed by atoms with Crippen LogP contribution < -0.4 is 5.09 Å². The van der Waals surface area contributed by atoms with Gasteiger partial charge in [-0.15, -0.1) is 0 Å². The second-order valence-electron chi connectivity index (χ2n) is 4.26. The minimum absolute atomic E-state index is 0.259. The van der Waals surface area contributed by atoms with E-state index in [0.717, 1.165) is 5.56 Å². The molecule has 1 aromatic rings. The zero-order chi connectivity index (χ0) is 13.8. The number of hydrogen-bond donors (Lipinski definition) is 1. The second-order valence-corrected chi connectivity index (χ2v) is 7.04. The molecule has 0 amide bonds. The molecule has 18 heavy (non-hydrogen) atoms. The van der Waals surface area contributed by atoms with Crippen molar-refractivity contribution in [2.24, 2.45) is 0 Å². The number of methoxy groups -OCH3 is 1. The van der Waals surface area contributed by atoms with Gasteiger partial charge in [-0.2, -0.15) is 0 Å². The van der Waals surface area contributed by atoms with Crippen LogP contribution in [-0.2, 0) is 20.3 Å². The summed E-state index contributed by atoms with van der Waals surface area (Å²) >= 11 is 0. The maximum atomic E-state index is 12.7. The van der Waals surface area contributed by atoms with E-state index in [2.05, 4.69) is 9.82 Å². The Hall–Kier alpha value is -1.19. The van der Waals surface area contributed by atoms with Crippen LogP contribution in [0.4, 0.5) is 4.39 Å². The Morgan fingerprint density at radius 3 is 2.50 bits per heavy atom. The van der Waals surface area contributed by atoms with E-state index in [4.69, 9.17) is 0 Å². The summed E-state index contributed by atoms with van der Waals surface area (Å²) in [4.78, 5) is 11.2. The van der Waals surface area contributed by atoms with Gasteiger partial charge in [-0.1, -0.05) is 12.1 Å². The quantitative estimate of drug-likeness (QED) is 0.661. The number of ether oxygens (including phenoxy) is 1. The summed E-state index contributed by atoms with van der Waals surface area (Å²) in [7, 11) is -1.45. The van der Waals surface area contributed by atoms with E-state index in [-0.39, 0.29) is 12.0 Å². The van der Waals surface area contributed by atoms with Gasteiger partial charge in [0.25, 0.3) is 0 Å². The Morgan fingerprint density at radius 2 is 2.00 bits per heavy atom. The number of esters is 1. The molecular formula is C12H17FNO3P. The summed E-state index contributed by atoms with van der Waals surface area (Å²) in [6, 6.07) is 5.16. The summed E-state index contributed by atoms with van der Waals surface area (Å²) in [6.07, 6.45) is 0.259. The fourth-order valence-electron chi connectivity index (χ4n) is 1.62. The standard InChI is InChI=1S/C12H17FNO3P/c1-9(12(15)17-2)14-18(3,16)8-10-4-6-11(13)7-5-10/h4-7,9H,8H2,1-3H3,(H,14,16)/t9-,18?/m0/s1. The Kier molecular flexibility index (Phi) is 5.05. The van der Waals surface area contributed by atoms with Gasteiger partial charge >= 0.3 is 5.97 Å². The van der Waals surface area contributed by atoms with Gasteiger partial charge in [-0.05, 0) is 24.6 Å². The summed E-state index contributed by atoms with van der Waals surface area (Å²) in [6.45, 7) is 3.14. The van der Waals surface area contributed by atoms with Crippen molar-refractivity contribution in [2.75, 3.05) is 13.8 Å². The molecule has 0 aliphatic rings. The lowest BCUT2D eigenvalue weighted by atomic mass is 10.2. The lowest BCUT2D eigenvalue weighted by Gasteiger charge is -2.19. The highest BCUT2D eigenvalue weighted by Gasteiger charge is 2.23. The topological polar surface area (TPSA) is 55.4 Å². The first-order valence-corrected chi connectivity index (χ1v) is 7.84. The molecule has 0 aliphatic heterocycles. The maximum Gasteiger partial charge on any atom is 0.322 e. The molecule has 2 atom stereocenters. The van der Waals surface area contributed by atoms with E-state index in [9.17, 15) is 13.8 Å². The van der Waals surface area contributed by atoms with Crippen molar-refractivity contribution in [3.05, 3.63) is 35.6 Å². The van der Waals surface area contributed by atoms with Gasteiger partial charge in [0.1, 0.15) is 19.2 Å². The molecule has 0 heterocycles. The summed E-state index contributed by atoms with van der Waals surface area (Å²) in [5.41, 5.74) is 0.756. The molecule has 0 radical (unpaired) electrons. The molecule has 1 N–H and O–H groups in total. The van der Waals surface area contributed by atoms with Crippen molar-refractivity contribution in [1.82, 2.24) is 5.09 Å². The van der Waals surface area contributed by atoms with E-state index in [1.807, 2.05) is 0 Å². The SMILES string of the molecule is COC(=O)[C@H](C)NP(C)(=O)Cc1ccc(F)cc1. The first kappa shape index (κ1) is 14.9. The number of carbonyl (C=O) groups excluding carboxylic acids is 1. The molecule has 1 rings (SSSR count). The zero-order valence-electron chi connectivity index (χ0n) is 10.6. The first-order valence-electron chi connectivity index (χ1n) is 5.50. The third-order valence-corrected chi connectivity index (χ3v) is 4.32. The van der Waals surface area contributed by atoms with Crippen LogP contribution in [0.3, 0.4) is 0 Å². The molecule has 1 unspecified atom stereocenters. The lowest BCUT2D eigenvalue weighted by Crippen LogP contribution is -2.32. The average molecular weight is 273 g/mol. The molecular weight excluding hydrogens is 256 g/mol. The fourth-order valence-corrected chi connectivity index (χ4v) is 3.55. The predicted molar refractivity (Wildman–Crippen MR) is 68.2 cm³/mol. The third kappa shape index (κ3) is 4.59. The Balaban J connectivity index is 2.67. The predicted octanol–water partition coefficient (Wildman–Crippen LogP) is 2.38. The molecule has 6 heteroatoms. The van der Waals surface area contributed by atoms with Crippen LogP contribution in [0.2, 0.25) is 0 Å². The van der Waals surface area contributed by atoms with Crippen molar-refractivity contribution in [1.29, 1.82) is 0 Å². The van der Waals surface area contributed by atoms with Crippen LogP contribution in [0.1, 0.15) is 12.5 Å². The van der Waals surface area contributed by atoms with Crippen molar-refractivity contribution < 1.29 is 18.5 Å². The molecule has 0 aliphatic carbocycles. The average Bonchev–Trinajstić information content (AvgIpc) is 2.30. The largest absolute Gasteiger partial charge is 0.468 e. The molecule has 100 valence electrons. The third-order valence-electron chi connectivity index (χ3n) is 2.42. The minimum atomic E-state index is -2.73. The van der Waals surface area contributed by atoms with Crippen LogP contribution >= 0.6 is 7.29 Å². The number of rotatable bonds is 5. The number of hydrogen-bond acceptors (Lipinski definition) is 3. The highest BCUT2D eigenvalue weighted by Crippen LogP contribution is 2.41. The summed E-state index contributed by atoms with van der Waals surface area (Å²) < 4.78 is 29.6. The van der Waals surface area contributed by atoms with E-state index in [0.29, 0.717) is 0 Å². The van der Waals surface area contributed by atoms with Gasteiger partial charge in [0.15, 0.2) is 0 Å². The number of nitrogens with one attached hydrogen (secondary N) is 1. The van der Waals surface area contributed by atoms with Crippen molar-refractivity contribution in [3.8, 4) is 0 Å². The monoisotopic (exact) mass is 273 g/mol. The van der Waals surface area contributed by atoms with E-state index in [1.165, 1.54) is 19.2 Å². The minimum Gasteiger partial charge on any atom is -0.468 e. The molecule has 0 bridgehead atoms.